The van der Waals surface area contributed by atoms with Crippen molar-refractivity contribution >= 4 is 20.8 Å². The Labute approximate surface area is 108 Å². The third-order valence-corrected chi connectivity index (χ3v) is 4.51. The van der Waals surface area contributed by atoms with Gasteiger partial charge in [-0.25, -0.2) is 22.5 Å². The predicted molar refractivity (Wildman–Crippen MR) is 67.5 cm³/mol. The Hall–Kier alpha value is -0.860. The molecule has 2 unspecified atom stereocenters. The number of hydrogen-bond donors (Lipinski definition) is 1. The van der Waals surface area contributed by atoms with Gasteiger partial charge in [0.2, 0.25) is 5.03 Å². The number of pyridine rings is 1. The molecule has 1 N–H and O–H groups in total. The van der Waals surface area contributed by atoms with Crippen molar-refractivity contribution in [1.29, 1.82) is 0 Å². The van der Waals surface area contributed by atoms with Gasteiger partial charge in [-0.3, -0.25) is 4.21 Å². The SMILES string of the molecule is CC(CCS(C)=O)NS(=O)(=O)c1ncccc1F. The second-order valence-electron chi connectivity index (χ2n) is 3.88. The molecule has 0 amide bonds. The van der Waals surface area contributed by atoms with Crippen molar-refractivity contribution in [3.63, 3.8) is 0 Å². The van der Waals surface area contributed by atoms with Crippen LogP contribution in [-0.2, 0) is 20.8 Å². The van der Waals surface area contributed by atoms with Crippen molar-refractivity contribution in [3.05, 3.63) is 24.1 Å². The molecule has 1 aromatic heterocycles. The molecule has 0 aliphatic carbocycles. The molecule has 8 heteroatoms. The van der Waals surface area contributed by atoms with Gasteiger partial charge >= 0.3 is 0 Å². The Morgan fingerprint density at radius 2 is 2.22 bits per heavy atom. The number of hydrogen-bond acceptors (Lipinski definition) is 4. The molecule has 1 heterocycles. The molecule has 2 atom stereocenters. The first-order valence-corrected chi connectivity index (χ1v) is 8.47. The van der Waals surface area contributed by atoms with Gasteiger partial charge in [-0.05, 0) is 25.5 Å². The maximum absolute atomic E-state index is 13.3. The van der Waals surface area contributed by atoms with Crippen LogP contribution >= 0.6 is 0 Å². The predicted octanol–water partition coefficient (Wildman–Crippen LogP) is 0.656. The maximum Gasteiger partial charge on any atom is 0.261 e. The highest BCUT2D eigenvalue weighted by Crippen LogP contribution is 2.10. The number of halogens is 1. The van der Waals surface area contributed by atoms with Gasteiger partial charge in [-0.2, -0.15) is 0 Å². The third kappa shape index (κ3) is 4.43. The quantitative estimate of drug-likeness (QED) is 0.836. The van der Waals surface area contributed by atoms with E-state index in [0.717, 1.165) is 6.07 Å². The molecule has 5 nitrogen and oxygen atoms in total. The van der Waals surface area contributed by atoms with Gasteiger partial charge in [-0.15, -0.1) is 0 Å². The molecule has 0 spiro atoms. The first-order valence-electron chi connectivity index (χ1n) is 5.26. The van der Waals surface area contributed by atoms with Crippen LogP contribution in [0, 0.1) is 5.82 Å². The third-order valence-electron chi connectivity index (χ3n) is 2.17. The van der Waals surface area contributed by atoms with Crippen LogP contribution in [0.3, 0.4) is 0 Å². The fourth-order valence-electron chi connectivity index (χ4n) is 1.29. The zero-order chi connectivity index (χ0) is 13.8. The van der Waals surface area contributed by atoms with Crippen LogP contribution in [-0.4, -0.2) is 35.7 Å². The summed E-state index contributed by atoms with van der Waals surface area (Å²) in [6.07, 6.45) is 3.17. The minimum absolute atomic E-state index is 0.383. The number of aromatic nitrogens is 1. The molecule has 0 saturated heterocycles. The lowest BCUT2D eigenvalue weighted by Crippen LogP contribution is -2.34. The lowest BCUT2D eigenvalue weighted by atomic mass is 10.3. The van der Waals surface area contributed by atoms with Gasteiger partial charge in [0, 0.05) is 35.0 Å². The van der Waals surface area contributed by atoms with E-state index < -0.39 is 37.7 Å². The van der Waals surface area contributed by atoms with Crippen LogP contribution in [0.1, 0.15) is 13.3 Å². The molecular formula is C10H15FN2O3S2. The molecule has 102 valence electrons. The van der Waals surface area contributed by atoms with Gasteiger partial charge in [-0.1, -0.05) is 0 Å². The van der Waals surface area contributed by atoms with Crippen LogP contribution in [0.15, 0.2) is 23.4 Å². The summed E-state index contributed by atoms with van der Waals surface area (Å²) in [6.45, 7) is 1.63. The largest absolute Gasteiger partial charge is 0.261 e. The van der Waals surface area contributed by atoms with Crippen molar-refractivity contribution < 1.29 is 17.0 Å². The summed E-state index contributed by atoms with van der Waals surface area (Å²) in [5.41, 5.74) is 0. The Bertz CT molecular complexity index is 534. The van der Waals surface area contributed by atoms with E-state index in [2.05, 4.69) is 9.71 Å². The molecule has 1 rings (SSSR count). The summed E-state index contributed by atoms with van der Waals surface area (Å²) in [4.78, 5) is 3.51. The summed E-state index contributed by atoms with van der Waals surface area (Å²) in [5.74, 6) is -0.509. The van der Waals surface area contributed by atoms with Crippen molar-refractivity contribution in [2.24, 2.45) is 0 Å². The van der Waals surface area contributed by atoms with E-state index in [1.807, 2.05) is 0 Å². The van der Waals surface area contributed by atoms with E-state index in [4.69, 9.17) is 0 Å². The van der Waals surface area contributed by atoms with E-state index in [0.29, 0.717) is 12.2 Å². The highest BCUT2D eigenvalue weighted by molar-refractivity contribution is 7.89. The second kappa shape index (κ2) is 6.35. The van der Waals surface area contributed by atoms with Gasteiger partial charge in [0.1, 0.15) is 0 Å². The average Bonchev–Trinajstić information content (AvgIpc) is 2.26. The topological polar surface area (TPSA) is 76.1 Å². The highest BCUT2D eigenvalue weighted by Gasteiger charge is 2.22. The molecular weight excluding hydrogens is 279 g/mol. The molecule has 1 aromatic rings. The van der Waals surface area contributed by atoms with Gasteiger partial charge in [0.05, 0.1) is 0 Å². The zero-order valence-electron chi connectivity index (χ0n) is 10.1. The highest BCUT2D eigenvalue weighted by atomic mass is 32.2. The van der Waals surface area contributed by atoms with Gasteiger partial charge in [0.25, 0.3) is 10.0 Å². The minimum Gasteiger partial charge on any atom is -0.260 e. The van der Waals surface area contributed by atoms with Crippen LogP contribution in [0.25, 0.3) is 0 Å². The minimum atomic E-state index is -3.97. The molecule has 0 aromatic carbocycles. The summed E-state index contributed by atoms with van der Waals surface area (Å²) in [6, 6.07) is 1.92. The standard InChI is InChI=1S/C10H15FN2O3S2/c1-8(5-7-17(2)14)13-18(15,16)10-9(11)4-3-6-12-10/h3-4,6,8,13H,5,7H2,1-2H3. The van der Waals surface area contributed by atoms with E-state index >= 15 is 0 Å². The lowest BCUT2D eigenvalue weighted by molar-refractivity contribution is 0.529. The Kier molecular flexibility index (Phi) is 5.36. The van der Waals surface area contributed by atoms with Crippen LogP contribution in [0.4, 0.5) is 4.39 Å². The molecule has 18 heavy (non-hydrogen) atoms. The molecule has 0 aliphatic heterocycles. The Morgan fingerprint density at radius 3 is 2.78 bits per heavy atom. The van der Waals surface area contributed by atoms with Crippen molar-refractivity contribution in [3.8, 4) is 0 Å². The Balaban J connectivity index is 2.77. The summed E-state index contributed by atoms with van der Waals surface area (Å²) in [5, 5.41) is -0.616. The fourth-order valence-corrected chi connectivity index (χ4v) is 3.26. The van der Waals surface area contributed by atoms with Gasteiger partial charge in [0.15, 0.2) is 5.82 Å². The summed E-state index contributed by atoms with van der Waals surface area (Å²) < 4.78 is 50.2. The van der Waals surface area contributed by atoms with E-state index in [1.54, 1.807) is 13.2 Å². The van der Waals surface area contributed by atoms with Crippen LogP contribution < -0.4 is 4.72 Å². The van der Waals surface area contributed by atoms with Gasteiger partial charge < -0.3 is 0 Å². The summed E-state index contributed by atoms with van der Waals surface area (Å²) in [7, 11) is -4.96. The van der Waals surface area contributed by atoms with Crippen LogP contribution in [0.5, 0.6) is 0 Å². The normalized spacial score (nSPS) is 15.3. The number of sulfonamides is 1. The van der Waals surface area contributed by atoms with Crippen molar-refractivity contribution in [2.75, 3.05) is 12.0 Å². The van der Waals surface area contributed by atoms with Crippen molar-refractivity contribution in [2.45, 2.75) is 24.4 Å². The smallest absolute Gasteiger partial charge is 0.260 e. The number of nitrogens with zero attached hydrogens (tertiary/aromatic N) is 1. The Morgan fingerprint density at radius 1 is 1.56 bits per heavy atom. The van der Waals surface area contributed by atoms with Crippen molar-refractivity contribution in [1.82, 2.24) is 9.71 Å². The number of rotatable bonds is 6. The summed E-state index contributed by atoms with van der Waals surface area (Å²) >= 11 is 0. The fraction of sp³-hybridized carbons (Fsp3) is 0.500. The first kappa shape index (κ1) is 15.2. The zero-order valence-corrected chi connectivity index (χ0v) is 11.7. The maximum atomic E-state index is 13.3. The number of nitrogens with one attached hydrogen (secondary N) is 1. The monoisotopic (exact) mass is 294 g/mol. The molecule has 0 fully saturated rings. The van der Waals surface area contributed by atoms with E-state index in [9.17, 15) is 17.0 Å². The second-order valence-corrected chi connectivity index (χ2v) is 7.06. The van der Waals surface area contributed by atoms with E-state index in [-0.39, 0.29) is 0 Å². The van der Waals surface area contributed by atoms with E-state index in [1.165, 1.54) is 12.3 Å². The molecule has 0 saturated carbocycles. The average molecular weight is 294 g/mol. The lowest BCUT2D eigenvalue weighted by Gasteiger charge is -2.13. The molecule has 0 radical (unpaired) electrons. The molecule has 0 bridgehead atoms. The first-order chi connectivity index (χ1) is 8.33. The van der Waals surface area contributed by atoms with Crippen LogP contribution in [0.2, 0.25) is 0 Å². The molecule has 0 aliphatic rings.